The van der Waals surface area contributed by atoms with Crippen LogP contribution in [-0.2, 0) is 6.42 Å². The van der Waals surface area contributed by atoms with Crippen LogP contribution in [-0.4, -0.2) is 18.3 Å². The van der Waals surface area contributed by atoms with E-state index in [1.54, 1.807) is 0 Å². The van der Waals surface area contributed by atoms with Crippen molar-refractivity contribution in [3.63, 3.8) is 0 Å². The van der Waals surface area contributed by atoms with Crippen LogP contribution in [0, 0.1) is 0 Å². The van der Waals surface area contributed by atoms with E-state index in [0.29, 0.717) is 0 Å². The molecule has 0 saturated heterocycles. The van der Waals surface area contributed by atoms with Crippen molar-refractivity contribution in [2.24, 2.45) is 4.99 Å². The quantitative estimate of drug-likeness (QED) is 0.464. The topological polar surface area (TPSA) is 15.6 Å². The minimum atomic E-state index is -0.00963. The van der Waals surface area contributed by atoms with Crippen LogP contribution >= 0.6 is 11.6 Å². The third-order valence-corrected chi connectivity index (χ3v) is 5.85. The second kappa shape index (κ2) is 8.53. The molecule has 0 fully saturated rings. The molecule has 0 saturated carbocycles. The minimum Gasteiger partial charge on any atom is -0.363 e. The number of fused-ring (bicyclic) bond motifs is 1. The number of aliphatic imine (C=N–C) groups is 1. The summed E-state index contributed by atoms with van der Waals surface area (Å²) >= 11 is 6.64. The van der Waals surface area contributed by atoms with Crippen molar-refractivity contribution < 1.29 is 0 Å². The van der Waals surface area contributed by atoms with Gasteiger partial charge in [0, 0.05) is 29.6 Å². The molecule has 2 aromatic rings. The van der Waals surface area contributed by atoms with Gasteiger partial charge in [-0.05, 0) is 75.9 Å². The van der Waals surface area contributed by atoms with E-state index in [1.165, 1.54) is 35.2 Å². The number of likely N-dealkylation sites (N-methyl/N-ethyl adjacent to an activating group) is 1. The van der Waals surface area contributed by atoms with Gasteiger partial charge in [0.05, 0.1) is 16.2 Å². The number of benzene rings is 2. The zero-order valence-electron chi connectivity index (χ0n) is 17.7. The molecule has 1 heterocycles. The van der Waals surface area contributed by atoms with Gasteiger partial charge < -0.3 is 4.90 Å². The van der Waals surface area contributed by atoms with E-state index in [1.807, 2.05) is 6.21 Å². The number of halogens is 1. The van der Waals surface area contributed by atoms with Crippen LogP contribution in [0.5, 0.6) is 0 Å². The zero-order chi connectivity index (χ0) is 20.3. The Balaban J connectivity index is 1.88. The van der Waals surface area contributed by atoms with E-state index in [4.69, 9.17) is 11.6 Å². The lowest BCUT2D eigenvalue weighted by molar-refractivity contribution is 0.566. The Morgan fingerprint density at radius 2 is 1.82 bits per heavy atom. The maximum absolute atomic E-state index is 6.64. The first-order valence-corrected chi connectivity index (χ1v) is 10.7. The average Bonchev–Trinajstić information content (AvgIpc) is 2.65. The summed E-state index contributed by atoms with van der Waals surface area (Å²) in [7, 11) is 0. The fraction of sp³-hybridized carbons (Fsp3) is 0.400. The summed E-state index contributed by atoms with van der Waals surface area (Å²) in [6.07, 6.45) is 7.80. The van der Waals surface area contributed by atoms with Crippen LogP contribution in [0.4, 0.5) is 11.4 Å². The van der Waals surface area contributed by atoms with Gasteiger partial charge >= 0.3 is 0 Å². The summed E-state index contributed by atoms with van der Waals surface area (Å²) in [4.78, 5) is 7.06. The van der Waals surface area contributed by atoms with E-state index in [2.05, 4.69) is 87.0 Å². The molecule has 0 atom stereocenters. The number of aryl methyl sites for hydroxylation is 1. The molecule has 1 aliphatic rings. The Labute approximate surface area is 174 Å². The molecule has 2 aromatic carbocycles. The lowest BCUT2D eigenvalue weighted by atomic mass is 9.88. The van der Waals surface area contributed by atoms with Gasteiger partial charge in [0.15, 0.2) is 0 Å². The number of rotatable bonds is 6. The van der Waals surface area contributed by atoms with Gasteiger partial charge in [0.2, 0.25) is 0 Å². The first-order valence-electron chi connectivity index (χ1n) is 10.3. The Morgan fingerprint density at radius 1 is 1.11 bits per heavy atom. The van der Waals surface area contributed by atoms with Crippen molar-refractivity contribution >= 4 is 34.8 Å². The van der Waals surface area contributed by atoms with Crippen molar-refractivity contribution in [1.82, 2.24) is 0 Å². The number of allylic oxidation sites excluding steroid dienone is 1. The predicted octanol–water partition coefficient (Wildman–Crippen LogP) is 7.46. The highest BCUT2D eigenvalue weighted by atomic mass is 35.5. The highest BCUT2D eigenvalue weighted by Gasteiger charge is 2.30. The van der Waals surface area contributed by atoms with Gasteiger partial charge in [-0.2, -0.15) is 0 Å². The molecule has 0 aliphatic carbocycles. The maximum atomic E-state index is 6.64. The summed E-state index contributed by atoms with van der Waals surface area (Å²) in [5.74, 6) is 0. The van der Waals surface area contributed by atoms with Crippen LogP contribution < -0.4 is 4.90 Å². The smallest absolute Gasteiger partial charge is 0.0630 e. The summed E-state index contributed by atoms with van der Waals surface area (Å²) in [5, 5.41) is 0.742. The maximum Gasteiger partial charge on any atom is 0.0630 e. The van der Waals surface area contributed by atoms with Crippen molar-refractivity contribution in [1.29, 1.82) is 0 Å². The number of hydrogen-bond acceptors (Lipinski definition) is 2. The van der Waals surface area contributed by atoms with E-state index < -0.39 is 0 Å². The summed E-state index contributed by atoms with van der Waals surface area (Å²) in [6, 6.07) is 12.8. The molecule has 0 unspecified atom stereocenters. The van der Waals surface area contributed by atoms with E-state index in [-0.39, 0.29) is 5.54 Å². The zero-order valence-corrected chi connectivity index (χ0v) is 18.5. The van der Waals surface area contributed by atoms with Gasteiger partial charge in [-0.25, -0.2) is 0 Å². The van der Waals surface area contributed by atoms with Gasteiger partial charge in [-0.3, -0.25) is 4.99 Å². The predicted molar refractivity (Wildman–Crippen MR) is 125 cm³/mol. The molecule has 3 heteroatoms. The standard InChI is InChI=1S/C25H31ClN2/c1-6-8-9-19-10-12-21(13-11-19)27-17-20-14-22-18(3)16-25(4,5)28(7-2)24(22)15-23(20)26/h10-17H,6-9H2,1-5H3. The Morgan fingerprint density at radius 3 is 2.46 bits per heavy atom. The van der Waals surface area contributed by atoms with Crippen molar-refractivity contribution in [2.75, 3.05) is 11.4 Å². The molecule has 0 N–H and O–H groups in total. The van der Waals surface area contributed by atoms with Gasteiger partial charge in [-0.1, -0.05) is 43.2 Å². The Hall–Kier alpha value is -2.06. The molecule has 0 radical (unpaired) electrons. The first kappa shape index (κ1) is 20.7. The molecule has 3 rings (SSSR count). The molecular weight excluding hydrogens is 364 g/mol. The van der Waals surface area contributed by atoms with E-state index >= 15 is 0 Å². The Kier molecular flexibility index (Phi) is 6.30. The van der Waals surface area contributed by atoms with Crippen molar-refractivity contribution in [2.45, 2.75) is 59.4 Å². The molecule has 148 valence electrons. The number of nitrogens with zero attached hydrogens (tertiary/aromatic N) is 2. The summed E-state index contributed by atoms with van der Waals surface area (Å²) < 4.78 is 0. The SMILES string of the molecule is CCCCc1ccc(N=Cc2cc3c(cc2Cl)N(CC)C(C)(C)C=C3C)cc1. The van der Waals surface area contributed by atoms with Gasteiger partial charge in [-0.15, -0.1) is 0 Å². The van der Waals surface area contributed by atoms with Crippen LogP contribution in [0.15, 0.2) is 47.5 Å². The number of anilines is 1. The summed E-state index contributed by atoms with van der Waals surface area (Å²) in [5.41, 5.74) is 7.00. The fourth-order valence-electron chi connectivity index (χ4n) is 4.07. The highest BCUT2D eigenvalue weighted by molar-refractivity contribution is 6.33. The van der Waals surface area contributed by atoms with Gasteiger partial charge in [0.1, 0.15) is 0 Å². The lowest BCUT2D eigenvalue weighted by Crippen LogP contribution is -2.44. The van der Waals surface area contributed by atoms with Crippen LogP contribution in [0.1, 0.15) is 64.2 Å². The second-order valence-electron chi connectivity index (χ2n) is 8.14. The van der Waals surface area contributed by atoms with Gasteiger partial charge in [0.25, 0.3) is 0 Å². The largest absolute Gasteiger partial charge is 0.363 e. The third kappa shape index (κ3) is 4.33. The Bertz CT molecular complexity index is 892. The van der Waals surface area contributed by atoms with E-state index in [0.717, 1.165) is 29.2 Å². The first-order chi connectivity index (χ1) is 13.4. The second-order valence-corrected chi connectivity index (χ2v) is 8.55. The van der Waals surface area contributed by atoms with E-state index in [9.17, 15) is 0 Å². The van der Waals surface area contributed by atoms with Crippen molar-refractivity contribution in [3.8, 4) is 0 Å². The molecule has 0 bridgehead atoms. The normalized spacial score (nSPS) is 15.6. The van der Waals surface area contributed by atoms with Crippen LogP contribution in [0.2, 0.25) is 5.02 Å². The number of hydrogen-bond donors (Lipinski definition) is 0. The molecule has 0 amide bonds. The highest BCUT2D eigenvalue weighted by Crippen LogP contribution is 2.41. The molecular formula is C25H31ClN2. The molecule has 28 heavy (non-hydrogen) atoms. The van der Waals surface area contributed by atoms with Crippen LogP contribution in [0.25, 0.3) is 5.57 Å². The van der Waals surface area contributed by atoms with Crippen LogP contribution in [0.3, 0.4) is 0 Å². The molecule has 1 aliphatic heterocycles. The average molecular weight is 395 g/mol. The molecule has 0 aromatic heterocycles. The minimum absolute atomic E-state index is 0.00963. The third-order valence-electron chi connectivity index (χ3n) is 5.52. The molecule has 2 nitrogen and oxygen atoms in total. The monoisotopic (exact) mass is 394 g/mol. The number of unbranched alkanes of at least 4 members (excludes halogenated alkanes) is 1. The molecule has 0 spiro atoms. The fourth-order valence-corrected chi connectivity index (χ4v) is 4.27. The van der Waals surface area contributed by atoms with Crippen molar-refractivity contribution in [3.05, 3.63) is 64.2 Å². The lowest BCUT2D eigenvalue weighted by Gasteiger charge is -2.43. The summed E-state index contributed by atoms with van der Waals surface area (Å²) in [6.45, 7) is 12.0.